The number of nitrogens with zero attached hydrogens (tertiary/aromatic N) is 1. The summed E-state index contributed by atoms with van der Waals surface area (Å²) in [7, 11) is 0. The molecule has 15 heavy (non-hydrogen) atoms. The van der Waals surface area contributed by atoms with Gasteiger partial charge in [0.15, 0.2) is 0 Å². The maximum atomic E-state index is 11.6. The highest BCUT2D eigenvalue weighted by atomic mass is 16.5. The minimum absolute atomic E-state index is 0.00947. The van der Waals surface area contributed by atoms with Gasteiger partial charge in [0.05, 0.1) is 13.2 Å². The zero-order chi connectivity index (χ0) is 11.1. The Labute approximate surface area is 89.8 Å². The van der Waals surface area contributed by atoms with E-state index in [4.69, 9.17) is 4.74 Å². The minimum Gasteiger partial charge on any atom is -0.378 e. The molecule has 0 radical (unpaired) electrons. The van der Waals surface area contributed by atoms with Crippen LogP contribution in [-0.4, -0.2) is 49.6 Å². The van der Waals surface area contributed by atoms with Gasteiger partial charge in [-0.05, 0) is 0 Å². The first-order valence-corrected chi connectivity index (χ1v) is 5.36. The summed E-state index contributed by atoms with van der Waals surface area (Å²) in [6, 6.07) is 0. The Morgan fingerprint density at radius 2 is 2.00 bits per heavy atom. The fourth-order valence-electron chi connectivity index (χ4n) is 1.40. The van der Waals surface area contributed by atoms with Crippen LogP contribution in [0.1, 0.15) is 19.8 Å². The molecule has 0 aromatic heterocycles. The Bertz CT molecular complexity index is 225. The second-order valence-electron chi connectivity index (χ2n) is 3.45. The van der Waals surface area contributed by atoms with Gasteiger partial charge in [-0.3, -0.25) is 9.59 Å². The van der Waals surface area contributed by atoms with Crippen molar-refractivity contribution < 1.29 is 14.3 Å². The second kappa shape index (κ2) is 6.40. The van der Waals surface area contributed by atoms with Gasteiger partial charge in [-0.25, -0.2) is 0 Å². The summed E-state index contributed by atoms with van der Waals surface area (Å²) in [5, 5.41) is 2.68. The molecule has 1 saturated heterocycles. The Morgan fingerprint density at radius 3 is 2.60 bits per heavy atom. The first-order valence-electron chi connectivity index (χ1n) is 5.36. The van der Waals surface area contributed by atoms with Gasteiger partial charge >= 0.3 is 0 Å². The molecule has 0 atom stereocenters. The predicted molar refractivity (Wildman–Crippen MR) is 55.3 cm³/mol. The van der Waals surface area contributed by atoms with Crippen LogP contribution < -0.4 is 5.32 Å². The van der Waals surface area contributed by atoms with Crippen LogP contribution in [0, 0.1) is 0 Å². The summed E-state index contributed by atoms with van der Waals surface area (Å²) in [6.07, 6.45) is 0.845. The molecule has 0 spiro atoms. The van der Waals surface area contributed by atoms with Gasteiger partial charge in [-0.2, -0.15) is 0 Å². The largest absolute Gasteiger partial charge is 0.378 e. The summed E-state index contributed by atoms with van der Waals surface area (Å²) < 4.78 is 5.15. The molecule has 1 aliphatic rings. The molecule has 1 aliphatic heterocycles. The van der Waals surface area contributed by atoms with Gasteiger partial charge < -0.3 is 15.0 Å². The molecule has 1 rings (SSSR count). The van der Waals surface area contributed by atoms with Gasteiger partial charge in [0.25, 0.3) is 0 Å². The lowest BCUT2D eigenvalue weighted by molar-refractivity contribution is -0.135. The van der Waals surface area contributed by atoms with Gasteiger partial charge in [-0.1, -0.05) is 6.92 Å². The summed E-state index contributed by atoms with van der Waals surface area (Å²) in [4.78, 5) is 24.3. The third-order valence-electron chi connectivity index (χ3n) is 2.35. The molecule has 0 aromatic carbocycles. The van der Waals surface area contributed by atoms with E-state index in [1.807, 2.05) is 0 Å². The van der Waals surface area contributed by atoms with E-state index in [1.165, 1.54) is 0 Å². The van der Waals surface area contributed by atoms with Crippen LogP contribution >= 0.6 is 0 Å². The average molecular weight is 214 g/mol. The van der Waals surface area contributed by atoms with Crippen molar-refractivity contribution in [3.8, 4) is 0 Å². The maximum absolute atomic E-state index is 11.6. The van der Waals surface area contributed by atoms with E-state index in [1.54, 1.807) is 11.8 Å². The van der Waals surface area contributed by atoms with E-state index in [9.17, 15) is 9.59 Å². The summed E-state index contributed by atoms with van der Waals surface area (Å²) in [5.41, 5.74) is 0. The van der Waals surface area contributed by atoms with Crippen molar-refractivity contribution in [2.24, 2.45) is 0 Å². The first-order chi connectivity index (χ1) is 7.24. The lowest BCUT2D eigenvalue weighted by Gasteiger charge is -2.26. The standard InChI is InChI=1S/C10H18N2O3/c1-2-9(13)11-4-3-10(14)12-5-7-15-8-6-12/h2-8H2,1H3,(H,11,13). The molecular weight excluding hydrogens is 196 g/mol. The molecular formula is C10H18N2O3. The number of hydrogen-bond donors (Lipinski definition) is 1. The first kappa shape index (κ1) is 12.0. The van der Waals surface area contributed by atoms with Crippen LogP contribution in [-0.2, 0) is 14.3 Å². The van der Waals surface area contributed by atoms with Crippen molar-refractivity contribution in [3.05, 3.63) is 0 Å². The quantitative estimate of drug-likeness (QED) is 0.702. The summed E-state index contributed by atoms with van der Waals surface area (Å²) in [5.74, 6) is 0.0829. The Morgan fingerprint density at radius 1 is 1.33 bits per heavy atom. The Balaban J connectivity index is 2.14. The van der Waals surface area contributed by atoms with Gasteiger partial charge in [0.1, 0.15) is 0 Å². The van der Waals surface area contributed by atoms with Crippen molar-refractivity contribution in [2.75, 3.05) is 32.8 Å². The average Bonchev–Trinajstić information content (AvgIpc) is 2.29. The predicted octanol–water partition coefficient (Wildman–Crippen LogP) is -0.238. The molecule has 5 heteroatoms. The highest BCUT2D eigenvalue weighted by molar-refractivity contribution is 5.78. The topological polar surface area (TPSA) is 58.6 Å². The lowest BCUT2D eigenvalue weighted by Crippen LogP contribution is -2.41. The number of morpholine rings is 1. The van der Waals surface area contributed by atoms with E-state index in [2.05, 4.69) is 5.32 Å². The van der Waals surface area contributed by atoms with Crippen molar-refractivity contribution >= 4 is 11.8 Å². The lowest BCUT2D eigenvalue weighted by atomic mass is 10.3. The molecule has 1 N–H and O–H groups in total. The Hall–Kier alpha value is -1.10. The molecule has 5 nitrogen and oxygen atoms in total. The fraction of sp³-hybridized carbons (Fsp3) is 0.800. The Kier molecular flexibility index (Phi) is 5.10. The molecule has 86 valence electrons. The van der Waals surface area contributed by atoms with Crippen LogP contribution in [0.15, 0.2) is 0 Å². The molecule has 0 aromatic rings. The van der Waals surface area contributed by atoms with Crippen molar-refractivity contribution in [1.82, 2.24) is 10.2 Å². The van der Waals surface area contributed by atoms with Crippen LogP contribution in [0.5, 0.6) is 0 Å². The van der Waals surface area contributed by atoms with Crippen LogP contribution in [0.25, 0.3) is 0 Å². The monoisotopic (exact) mass is 214 g/mol. The molecule has 2 amide bonds. The second-order valence-corrected chi connectivity index (χ2v) is 3.45. The van der Waals surface area contributed by atoms with Crippen molar-refractivity contribution in [2.45, 2.75) is 19.8 Å². The smallest absolute Gasteiger partial charge is 0.224 e. The molecule has 1 heterocycles. The number of nitrogens with one attached hydrogen (secondary N) is 1. The third kappa shape index (κ3) is 4.29. The number of amides is 2. The van der Waals surface area contributed by atoms with E-state index < -0.39 is 0 Å². The highest BCUT2D eigenvalue weighted by Crippen LogP contribution is 1.99. The number of carbonyl (C=O) groups is 2. The van der Waals surface area contributed by atoms with Crippen molar-refractivity contribution in [1.29, 1.82) is 0 Å². The van der Waals surface area contributed by atoms with Gasteiger partial charge in [0, 0.05) is 32.5 Å². The zero-order valence-corrected chi connectivity index (χ0v) is 9.12. The van der Waals surface area contributed by atoms with E-state index in [-0.39, 0.29) is 11.8 Å². The van der Waals surface area contributed by atoms with E-state index in [0.29, 0.717) is 45.7 Å². The number of rotatable bonds is 4. The van der Waals surface area contributed by atoms with Gasteiger partial charge in [-0.15, -0.1) is 0 Å². The SMILES string of the molecule is CCC(=O)NCCC(=O)N1CCOCC1. The summed E-state index contributed by atoms with van der Waals surface area (Å²) >= 11 is 0. The molecule has 0 saturated carbocycles. The molecule has 0 aliphatic carbocycles. The van der Waals surface area contributed by atoms with E-state index >= 15 is 0 Å². The molecule has 0 unspecified atom stereocenters. The number of hydrogen-bond acceptors (Lipinski definition) is 3. The highest BCUT2D eigenvalue weighted by Gasteiger charge is 2.16. The summed E-state index contributed by atoms with van der Waals surface area (Å²) in [6.45, 7) is 4.79. The van der Waals surface area contributed by atoms with Crippen molar-refractivity contribution in [3.63, 3.8) is 0 Å². The van der Waals surface area contributed by atoms with Gasteiger partial charge in [0.2, 0.25) is 11.8 Å². The van der Waals surface area contributed by atoms with E-state index in [0.717, 1.165) is 0 Å². The molecule has 0 bridgehead atoms. The normalized spacial score (nSPS) is 16.2. The van der Waals surface area contributed by atoms with Crippen LogP contribution in [0.3, 0.4) is 0 Å². The zero-order valence-electron chi connectivity index (χ0n) is 9.12. The maximum Gasteiger partial charge on any atom is 0.224 e. The number of carbonyl (C=O) groups excluding carboxylic acids is 2. The molecule has 1 fully saturated rings. The number of ether oxygens (including phenoxy) is 1. The minimum atomic E-state index is -0.00947. The van der Waals surface area contributed by atoms with Crippen LogP contribution in [0.2, 0.25) is 0 Å². The third-order valence-corrected chi connectivity index (χ3v) is 2.35. The van der Waals surface area contributed by atoms with Crippen LogP contribution in [0.4, 0.5) is 0 Å². The fourth-order valence-corrected chi connectivity index (χ4v) is 1.40.